The van der Waals surface area contributed by atoms with E-state index in [4.69, 9.17) is 5.11 Å². The molecule has 1 aromatic carbocycles. The Morgan fingerprint density at radius 3 is 2.50 bits per heavy atom. The van der Waals surface area contributed by atoms with Crippen LogP contribution in [-0.4, -0.2) is 20.2 Å². The van der Waals surface area contributed by atoms with Crippen LogP contribution >= 0.6 is 0 Å². The molecule has 0 radical (unpaired) electrons. The first-order valence-electron chi connectivity index (χ1n) is 4.97. The van der Waals surface area contributed by atoms with Crippen molar-refractivity contribution < 1.29 is 10.2 Å². The fourth-order valence-electron chi connectivity index (χ4n) is 1.45. The number of hydrogen-bond acceptors (Lipinski definition) is 4. The number of aliphatic hydroxyl groups excluding tert-OH is 1. The highest BCUT2D eigenvalue weighted by Crippen LogP contribution is 2.19. The van der Waals surface area contributed by atoms with Crippen molar-refractivity contribution in [2.75, 3.05) is 0 Å². The highest BCUT2D eigenvalue weighted by molar-refractivity contribution is 5.27. The number of hydrogen-bond donors (Lipinski definition) is 2. The van der Waals surface area contributed by atoms with Gasteiger partial charge < -0.3 is 10.2 Å². The first-order chi connectivity index (χ1) is 7.75. The van der Waals surface area contributed by atoms with Crippen molar-refractivity contribution in [1.29, 1.82) is 0 Å². The van der Waals surface area contributed by atoms with Gasteiger partial charge in [-0.15, -0.1) is 0 Å². The summed E-state index contributed by atoms with van der Waals surface area (Å²) >= 11 is 0. The molecule has 2 aromatic rings. The fraction of sp³-hybridized carbons (Fsp3) is 0.167. The SMILES string of the molecule is Oc1ccc(C(O)Cc2ccncn2)cc1. The van der Waals surface area contributed by atoms with Gasteiger partial charge in [-0.2, -0.15) is 0 Å². The molecule has 0 amide bonds. The lowest BCUT2D eigenvalue weighted by molar-refractivity contribution is 0.177. The van der Waals surface area contributed by atoms with Crippen molar-refractivity contribution >= 4 is 0 Å². The van der Waals surface area contributed by atoms with E-state index in [2.05, 4.69) is 9.97 Å². The second-order valence-corrected chi connectivity index (χ2v) is 3.51. The van der Waals surface area contributed by atoms with Gasteiger partial charge in [0, 0.05) is 18.3 Å². The minimum atomic E-state index is -0.615. The number of aliphatic hydroxyl groups is 1. The summed E-state index contributed by atoms with van der Waals surface area (Å²) in [6.45, 7) is 0. The first-order valence-corrected chi connectivity index (χ1v) is 4.97. The van der Waals surface area contributed by atoms with Crippen LogP contribution in [-0.2, 0) is 6.42 Å². The molecule has 0 bridgehead atoms. The van der Waals surface area contributed by atoms with Crippen molar-refractivity contribution in [2.45, 2.75) is 12.5 Å². The van der Waals surface area contributed by atoms with Gasteiger partial charge in [0.05, 0.1) is 6.10 Å². The van der Waals surface area contributed by atoms with Crippen molar-refractivity contribution in [2.24, 2.45) is 0 Å². The van der Waals surface area contributed by atoms with E-state index in [9.17, 15) is 5.11 Å². The van der Waals surface area contributed by atoms with E-state index < -0.39 is 6.10 Å². The Kier molecular flexibility index (Phi) is 3.12. The smallest absolute Gasteiger partial charge is 0.115 e. The molecule has 4 heteroatoms. The molecule has 0 aliphatic rings. The fourth-order valence-corrected chi connectivity index (χ4v) is 1.45. The highest BCUT2D eigenvalue weighted by Gasteiger charge is 2.08. The average Bonchev–Trinajstić information content (AvgIpc) is 2.31. The van der Waals surface area contributed by atoms with E-state index in [1.165, 1.54) is 6.33 Å². The number of aromatic nitrogens is 2. The maximum Gasteiger partial charge on any atom is 0.115 e. The Morgan fingerprint density at radius 2 is 1.88 bits per heavy atom. The number of nitrogens with zero attached hydrogens (tertiary/aromatic N) is 2. The molecule has 0 saturated carbocycles. The van der Waals surface area contributed by atoms with Gasteiger partial charge in [0.2, 0.25) is 0 Å². The zero-order valence-corrected chi connectivity index (χ0v) is 8.61. The minimum Gasteiger partial charge on any atom is -0.508 e. The lowest BCUT2D eigenvalue weighted by Crippen LogP contribution is -2.03. The van der Waals surface area contributed by atoms with E-state index in [0.29, 0.717) is 6.42 Å². The summed E-state index contributed by atoms with van der Waals surface area (Å²) in [6.07, 6.45) is 2.92. The van der Waals surface area contributed by atoms with Crippen LogP contribution in [0.15, 0.2) is 42.9 Å². The summed E-state index contributed by atoms with van der Waals surface area (Å²) < 4.78 is 0. The maximum absolute atomic E-state index is 9.92. The van der Waals surface area contributed by atoms with Crippen LogP contribution < -0.4 is 0 Å². The molecule has 0 spiro atoms. The molecule has 0 aliphatic heterocycles. The van der Waals surface area contributed by atoms with Crippen LogP contribution in [0.3, 0.4) is 0 Å². The maximum atomic E-state index is 9.92. The second kappa shape index (κ2) is 4.72. The molecule has 0 saturated heterocycles. The standard InChI is InChI=1S/C12H12N2O2/c15-11-3-1-9(2-4-11)12(16)7-10-5-6-13-8-14-10/h1-6,8,12,15-16H,7H2. The zero-order chi connectivity index (χ0) is 11.4. The summed E-state index contributed by atoms with van der Waals surface area (Å²) in [6, 6.07) is 8.27. The number of phenolic OH excluding ortho intramolecular Hbond substituents is 1. The normalized spacial score (nSPS) is 12.3. The molecule has 0 aliphatic carbocycles. The van der Waals surface area contributed by atoms with E-state index in [1.54, 1.807) is 36.5 Å². The van der Waals surface area contributed by atoms with Gasteiger partial charge in [-0.25, -0.2) is 9.97 Å². The predicted octanol–water partition coefficient (Wildman–Crippen LogP) is 1.46. The molecular weight excluding hydrogens is 204 g/mol. The number of aromatic hydroxyl groups is 1. The van der Waals surface area contributed by atoms with E-state index in [0.717, 1.165) is 11.3 Å². The molecular formula is C12H12N2O2. The predicted molar refractivity (Wildman–Crippen MR) is 58.8 cm³/mol. The third kappa shape index (κ3) is 2.55. The van der Waals surface area contributed by atoms with Crippen LogP contribution in [0, 0.1) is 0 Å². The van der Waals surface area contributed by atoms with Crippen molar-refractivity contribution in [3.8, 4) is 5.75 Å². The quantitative estimate of drug-likeness (QED) is 0.815. The Labute approximate surface area is 93.2 Å². The molecule has 1 aromatic heterocycles. The van der Waals surface area contributed by atoms with Gasteiger partial charge in [0.1, 0.15) is 12.1 Å². The number of rotatable bonds is 3. The van der Waals surface area contributed by atoms with Gasteiger partial charge in [0.25, 0.3) is 0 Å². The van der Waals surface area contributed by atoms with Crippen molar-refractivity contribution in [1.82, 2.24) is 9.97 Å². The second-order valence-electron chi connectivity index (χ2n) is 3.51. The van der Waals surface area contributed by atoms with Crippen LogP contribution in [0.1, 0.15) is 17.4 Å². The third-order valence-corrected chi connectivity index (χ3v) is 2.32. The summed E-state index contributed by atoms with van der Waals surface area (Å²) in [7, 11) is 0. The molecule has 1 heterocycles. The van der Waals surface area contributed by atoms with Gasteiger partial charge >= 0.3 is 0 Å². The molecule has 1 atom stereocenters. The van der Waals surface area contributed by atoms with Crippen LogP contribution in [0.5, 0.6) is 5.75 Å². The monoisotopic (exact) mass is 216 g/mol. The Hall–Kier alpha value is -1.94. The first kappa shape index (κ1) is 10.6. The average molecular weight is 216 g/mol. The van der Waals surface area contributed by atoms with Gasteiger partial charge in [-0.05, 0) is 23.8 Å². The summed E-state index contributed by atoms with van der Waals surface area (Å²) in [5, 5.41) is 19.0. The lowest BCUT2D eigenvalue weighted by atomic mass is 10.0. The van der Waals surface area contributed by atoms with E-state index in [1.807, 2.05) is 0 Å². The Bertz CT molecular complexity index is 442. The van der Waals surface area contributed by atoms with Crippen molar-refractivity contribution in [3.05, 3.63) is 54.1 Å². The van der Waals surface area contributed by atoms with Gasteiger partial charge in [-0.1, -0.05) is 12.1 Å². The summed E-state index contributed by atoms with van der Waals surface area (Å²) in [5.74, 6) is 0.193. The molecule has 1 unspecified atom stereocenters. The molecule has 82 valence electrons. The van der Waals surface area contributed by atoms with Gasteiger partial charge in [-0.3, -0.25) is 0 Å². The summed E-state index contributed by atoms with van der Waals surface area (Å²) in [4.78, 5) is 7.85. The van der Waals surface area contributed by atoms with Crippen LogP contribution in [0.2, 0.25) is 0 Å². The van der Waals surface area contributed by atoms with E-state index in [-0.39, 0.29) is 5.75 Å². The molecule has 0 fully saturated rings. The third-order valence-electron chi connectivity index (χ3n) is 2.32. The zero-order valence-electron chi connectivity index (χ0n) is 8.61. The van der Waals surface area contributed by atoms with Gasteiger partial charge in [0.15, 0.2) is 0 Å². The number of benzene rings is 1. The molecule has 16 heavy (non-hydrogen) atoms. The highest BCUT2D eigenvalue weighted by atomic mass is 16.3. The van der Waals surface area contributed by atoms with E-state index >= 15 is 0 Å². The van der Waals surface area contributed by atoms with Crippen molar-refractivity contribution in [3.63, 3.8) is 0 Å². The summed E-state index contributed by atoms with van der Waals surface area (Å²) in [5.41, 5.74) is 1.55. The van der Waals surface area contributed by atoms with Crippen LogP contribution in [0.4, 0.5) is 0 Å². The van der Waals surface area contributed by atoms with Crippen LogP contribution in [0.25, 0.3) is 0 Å². The topological polar surface area (TPSA) is 66.2 Å². The Morgan fingerprint density at radius 1 is 1.12 bits per heavy atom. The number of phenols is 1. The largest absolute Gasteiger partial charge is 0.508 e. The molecule has 2 rings (SSSR count). The molecule has 2 N–H and O–H groups in total. The lowest BCUT2D eigenvalue weighted by Gasteiger charge is -2.10. The minimum absolute atomic E-state index is 0.193. The molecule has 4 nitrogen and oxygen atoms in total. The Balaban J connectivity index is 2.09.